The van der Waals surface area contributed by atoms with Crippen molar-refractivity contribution < 1.29 is 8.85 Å². The molecule has 17 heavy (non-hydrogen) atoms. The fourth-order valence-electron chi connectivity index (χ4n) is 3.18. The Balaban J connectivity index is 2.71. The molecule has 102 valence electrons. The van der Waals surface area contributed by atoms with Crippen LogP contribution in [0.1, 0.15) is 40.0 Å². The molecule has 1 rings (SSSR count). The van der Waals surface area contributed by atoms with Gasteiger partial charge in [0.15, 0.2) is 0 Å². The topological polar surface area (TPSA) is 30.5 Å². The number of hydrogen-bond donors (Lipinski definition) is 1. The summed E-state index contributed by atoms with van der Waals surface area (Å²) in [7, 11) is -2.01. The molecule has 1 aliphatic rings. The first kappa shape index (κ1) is 15.2. The minimum atomic E-state index is -2.01. The minimum absolute atomic E-state index is 0.621. The molecule has 4 heteroatoms. The van der Waals surface area contributed by atoms with E-state index in [4.69, 9.17) is 8.85 Å². The molecule has 1 aliphatic heterocycles. The van der Waals surface area contributed by atoms with E-state index in [2.05, 4.69) is 32.6 Å². The summed E-state index contributed by atoms with van der Waals surface area (Å²) in [6.07, 6.45) is 3.80. The van der Waals surface area contributed by atoms with E-state index in [1.165, 1.54) is 25.8 Å². The van der Waals surface area contributed by atoms with Gasteiger partial charge in [-0.2, -0.15) is 0 Å². The maximum absolute atomic E-state index is 6.07. The van der Waals surface area contributed by atoms with Crippen molar-refractivity contribution in [3.8, 4) is 0 Å². The zero-order chi connectivity index (χ0) is 12.7. The molecule has 1 heterocycles. The van der Waals surface area contributed by atoms with Crippen molar-refractivity contribution in [3.05, 3.63) is 0 Å². The van der Waals surface area contributed by atoms with Gasteiger partial charge in [0.05, 0.1) is 0 Å². The van der Waals surface area contributed by atoms with Crippen LogP contribution in [-0.4, -0.2) is 34.9 Å². The zero-order valence-electron chi connectivity index (χ0n) is 11.9. The van der Waals surface area contributed by atoms with Crippen LogP contribution in [-0.2, 0) is 8.85 Å². The highest BCUT2D eigenvalue weighted by atomic mass is 28.4. The van der Waals surface area contributed by atoms with Crippen LogP contribution in [0.25, 0.3) is 0 Å². The third kappa shape index (κ3) is 4.05. The molecule has 1 saturated heterocycles. The second-order valence-corrected chi connectivity index (χ2v) is 8.35. The Bertz CT molecular complexity index is 202. The number of hydrogen-bond acceptors (Lipinski definition) is 3. The van der Waals surface area contributed by atoms with E-state index in [-0.39, 0.29) is 0 Å². The molecule has 3 nitrogen and oxygen atoms in total. The predicted molar refractivity (Wildman–Crippen MR) is 74.5 cm³/mol. The lowest BCUT2D eigenvalue weighted by Gasteiger charge is -2.40. The molecule has 0 aliphatic carbocycles. The van der Waals surface area contributed by atoms with Gasteiger partial charge in [0.25, 0.3) is 0 Å². The molecule has 0 aromatic rings. The van der Waals surface area contributed by atoms with E-state index in [1.54, 1.807) is 0 Å². The highest BCUT2D eigenvalue weighted by Gasteiger charge is 2.44. The third-order valence-corrected chi connectivity index (χ3v) is 7.83. The fourth-order valence-corrected chi connectivity index (χ4v) is 6.72. The monoisotopic (exact) mass is 259 g/mol. The van der Waals surface area contributed by atoms with Crippen LogP contribution in [0, 0.1) is 5.92 Å². The van der Waals surface area contributed by atoms with Crippen molar-refractivity contribution in [2.75, 3.05) is 26.3 Å². The van der Waals surface area contributed by atoms with Gasteiger partial charge in [-0.25, -0.2) is 0 Å². The van der Waals surface area contributed by atoms with Crippen LogP contribution in [0.4, 0.5) is 0 Å². The second-order valence-electron chi connectivity index (χ2n) is 5.00. The summed E-state index contributed by atoms with van der Waals surface area (Å²) in [4.78, 5) is 0. The maximum atomic E-state index is 6.07. The van der Waals surface area contributed by atoms with E-state index in [0.717, 1.165) is 25.7 Å². The predicted octanol–water partition coefficient (Wildman–Crippen LogP) is 2.91. The fraction of sp³-hybridized carbons (Fsp3) is 1.00. The summed E-state index contributed by atoms with van der Waals surface area (Å²) in [6.45, 7) is 12.6. The molecular weight excluding hydrogens is 230 g/mol. The Labute approximate surface area is 108 Å². The Morgan fingerprint density at radius 3 is 2.29 bits per heavy atom. The van der Waals surface area contributed by atoms with E-state index in [9.17, 15) is 0 Å². The summed E-state index contributed by atoms with van der Waals surface area (Å²) in [5.74, 6) is 0.739. The summed E-state index contributed by atoms with van der Waals surface area (Å²) in [5, 5.41) is 3.52. The molecule has 0 bridgehead atoms. The number of nitrogens with one attached hydrogen (secondary N) is 1. The Morgan fingerprint density at radius 1 is 1.24 bits per heavy atom. The van der Waals surface area contributed by atoms with Crippen molar-refractivity contribution in [1.29, 1.82) is 0 Å². The average molecular weight is 259 g/mol. The lowest BCUT2D eigenvalue weighted by molar-refractivity contribution is 0.161. The molecule has 1 fully saturated rings. The van der Waals surface area contributed by atoms with Crippen LogP contribution >= 0.6 is 0 Å². The van der Waals surface area contributed by atoms with Gasteiger partial charge < -0.3 is 14.2 Å². The number of rotatable bonds is 7. The van der Waals surface area contributed by atoms with Gasteiger partial charge in [-0.1, -0.05) is 13.3 Å². The molecule has 2 atom stereocenters. The molecule has 2 unspecified atom stereocenters. The Morgan fingerprint density at radius 2 is 1.88 bits per heavy atom. The summed E-state index contributed by atoms with van der Waals surface area (Å²) >= 11 is 0. The molecule has 0 radical (unpaired) electrons. The molecule has 0 amide bonds. The van der Waals surface area contributed by atoms with E-state index < -0.39 is 8.56 Å². The van der Waals surface area contributed by atoms with E-state index >= 15 is 0 Å². The van der Waals surface area contributed by atoms with Gasteiger partial charge in [0.2, 0.25) is 0 Å². The molecular formula is C13H29NO2Si. The third-order valence-electron chi connectivity index (χ3n) is 3.88. The lowest BCUT2D eigenvalue weighted by atomic mass is 9.94. The summed E-state index contributed by atoms with van der Waals surface area (Å²) in [5.41, 5.74) is 0.621. The van der Waals surface area contributed by atoms with Crippen molar-refractivity contribution in [3.63, 3.8) is 0 Å². The smallest absolute Gasteiger partial charge is 0.338 e. The molecule has 0 aromatic heterocycles. The minimum Gasteiger partial charge on any atom is -0.394 e. The highest BCUT2D eigenvalue weighted by Crippen LogP contribution is 2.37. The van der Waals surface area contributed by atoms with Crippen LogP contribution in [0.3, 0.4) is 0 Å². The Kier molecular flexibility index (Phi) is 6.70. The van der Waals surface area contributed by atoms with Crippen LogP contribution in [0.5, 0.6) is 0 Å². The Hall–Kier alpha value is 0.0969. The molecule has 0 saturated carbocycles. The first-order chi connectivity index (χ1) is 8.18. The molecule has 1 N–H and O–H groups in total. The largest absolute Gasteiger partial charge is 0.394 e. The molecule has 0 spiro atoms. The first-order valence-electron chi connectivity index (χ1n) is 7.16. The van der Waals surface area contributed by atoms with E-state index in [0.29, 0.717) is 5.54 Å². The van der Waals surface area contributed by atoms with Gasteiger partial charge in [-0.05, 0) is 52.2 Å². The lowest BCUT2D eigenvalue weighted by Crippen LogP contribution is -2.49. The van der Waals surface area contributed by atoms with Gasteiger partial charge >= 0.3 is 8.56 Å². The SMILES string of the molecule is CCO[Si](C)(OCC)C(CC)C1CCCNC1. The van der Waals surface area contributed by atoms with Crippen molar-refractivity contribution in [2.24, 2.45) is 5.92 Å². The maximum Gasteiger partial charge on any atom is 0.338 e. The van der Waals surface area contributed by atoms with Gasteiger partial charge in [-0.15, -0.1) is 0 Å². The van der Waals surface area contributed by atoms with Crippen molar-refractivity contribution in [2.45, 2.75) is 52.1 Å². The number of piperidine rings is 1. The van der Waals surface area contributed by atoms with Gasteiger partial charge in [0.1, 0.15) is 0 Å². The molecule has 0 aromatic carbocycles. The van der Waals surface area contributed by atoms with Crippen LogP contribution < -0.4 is 5.32 Å². The van der Waals surface area contributed by atoms with Gasteiger partial charge in [-0.3, -0.25) is 0 Å². The second kappa shape index (κ2) is 7.51. The quantitative estimate of drug-likeness (QED) is 0.713. The normalized spacial score (nSPS) is 23.6. The van der Waals surface area contributed by atoms with Crippen LogP contribution in [0.15, 0.2) is 0 Å². The van der Waals surface area contributed by atoms with Gasteiger partial charge in [0, 0.05) is 18.8 Å². The standard InChI is InChI=1S/C13H29NO2Si/c1-5-13(12-9-8-10-14-11-12)17(4,15-6-2)16-7-3/h12-14H,5-11H2,1-4H3. The summed E-state index contributed by atoms with van der Waals surface area (Å²) in [6, 6.07) is 0. The van der Waals surface area contributed by atoms with Crippen LogP contribution in [0.2, 0.25) is 12.1 Å². The first-order valence-corrected chi connectivity index (χ1v) is 9.55. The average Bonchev–Trinajstić information content (AvgIpc) is 2.31. The van der Waals surface area contributed by atoms with E-state index in [1.807, 2.05) is 0 Å². The summed E-state index contributed by atoms with van der Waals surface area (Å²) < 4.78 is 12.1. The van der Waals surface area contributed by atoms with Crippen molar-refractivity contribution in [1.82, 2.24) is 5.32 Å². The highest BCUT2D eigenvalue weighted by molar-refractivity contribution is 6.67. The zero-order valence-corrected chi connectivity index (χ0v) is 12.9. The van der Waals surface area contributed by atoms with Crippen molar-refractivity contribution >= 4 is 8.56 Å².